The van der Waals surface area contributed by atoms with Crippen LogP contribution in [-0.4, -0.2) is 80.5 Å². The average Bonchev–Trinajstić information content (AvgIpc) is 3.31. The molecule has 10 heteroatoms. The molecular formula is C20H27N5O5. The number of aliphatic hydroxyl groups is 2. The standard InChI is InChI=1S/C20H27N5O5/c1-3-8-29-9-14-16(26)17(27)20(30-14)25-11-23-15-18(21-10-22-19(15)25)24-12-4-6-13(28-2)7-5-12/h1,10-14,16-17,20,26-27H,4-9H2,2H3,(H,21,22,24)/t12?,13?,14-,16-,17-,20-/m1/s1. The average molecular weight is 417 g/mol. The summed E-state index contributed by atoms with van der Waals surface area (Å²) >= 11 is 0. The fraction of sp³-hybridized carbons (Fsp3) is 0.650. The third-order valence-corrected chi connectivity index (χ3v) is 5.79. The molecule has 1 saturated heterocycles. The number of nitrogens with one attached hydrogen (secondary N) is 1. The van der Waals surface area contributed by atoms with E-state index in [0.717, 1.165) is 25.7 Å². The number of fused-ring (bicyclic) bond motifs is 1. The third-order valence-electron chi connectivity index (χ3n) is 5.79. The van der Waals surface area contributed by atoms with Crippen molar-refractivity contribution in [1.29, 1.82) is 0 Å². The van der Waals surface area contributed by atoms with Crippen LogP contribution in [0.4, 0.5) is 5.82 Å². The lowest BCUT2D eigenvalue weighted by atomic mass is 9.93. The molecule has 30 heavy (non-hydrogen) atoms. The summed E-state index contributed by atoms with van der Waals surface area (Å²) in [5, 5.41) is 24.3. The number of imidazole rings is 1. The van der Waals surface area contributed by atoms with E-state index in [9.17, 15) is 10.2 Å². The van der Waals surface area contributed by atoms with Gasteiger partial charge >= 0.3 is 0 Å². The van der Waals surface area contributed by atoms with Gasteiger partial charge in [0.15, 0.2) is 23.2 Å². The summed E-state index contributed by atoms with van der Waals surface area (Å²) < 4.78 is 18.1. The molecule has 4 rings (SSSR count). The van der Waals surface area contributed by atoms with Gasteiger partial charge in [0.2, 0.25) is 0 Å². The number of aromatic nitrogens is 4. The van der Waals surface area contributed by atoms with E-state index in [1.54, 1.807) is 11.7 Å². The molecule has 3 heterocycles. The molecule has 162 valence electrons. The second-order valence-electron chi connectivity index (χ2n) is 7.67. The molecule has 1 saturated carbocycles. The first-order chi connectivity index (χ1) is 14.6. The van der Waals surface area contributed by atoms with Crippen molar-refractivity contribution < 1.29 is 24.4 Å². The van der Waals surface area contributed by atoms with Gasteiger partial charge in [-0.3, -0.25) is 4.57 Å². The molecule has 10 nitrogen and oxygen atoms in total. The van der Waals surface area contributed by atoms with Crippen LogP contribution in [0, 0.1) is 12.3 Å². The SMILES string of the molecule is C#CCOC[C@H]1O[C@@H](n2cnc3c(NC4CCC(OC)CC4)ncnc32)[C@H](O)[C@@H]1O. The molecule has 3 N–H and O–H groups in total. The van der Waals surface area contributed by atoms with Crippen LogP contribution in [0.1, 0.15) is 31.9 Å². The van der Waals surface area contributed by atoms with Crippen LogP contribution in [0.5, 0.6) is 0 Å². The number of hydrogen-bond donors (Lipinski definition) is 3. The maximum absolute atomic E-state index is 10.5. The van der Waals surface area contributed by atoms with Crippen LogP contribution < -0.4 is 5.32 Å². The van der Waals surface area contributed by atoms with Crippen molar-refractivity contribution >= 4 is 17.0 Å². The van der Waals surface area contributed by atoms with Crippen LogP contribution >= 0.6 is 0 Å². The van der Waals surface area contributed by atoms with Crippen LogP contribution in [0.3, 0.4) is 0 Å². The van der Waals surface area contributed by atoms with E-state index in [-0.39, 0.29) is 19.3 Å². The Kier molecular flexibility index (Phi) is 6.46. The Hall–Kier alpha value is -2.29. The van der Waals surface area contributed by atoms with Gasteiger partial charge in [0.1, 0.15) is 31.2 Å². The minimum Gasteiger partial charge on any atom is -0.387 e. The first-order valence-electron chi connectivity index (χ1n) is 10.1. The van der Waals surface area contributed by atoms with Crippen molar-refractivity contribution in [2.75, 3.05) is 25.6 Å². The van der Waals surface area contributed by atoms with Gasteiger partial charge in [-0.1, -0.05) is 5.92 Å². The molecule has 1 aliphatic heterocycles. The number of anilines is 1. The van der Waals surface area contributed by atoms with Crippen molar-refractivity contribution in [2.45, 2.75) is 62.4 Å². The number of nitrogens with zero attached hydrogens (tertiary/aromatic N) is 4. The lowest BCUT2D eigenvalue weighted by Crippen LogP contribution is -2.33. The van der Waals surface area contributed by atoms with Gasteiger partial charge in [-0.25, -0.2) is 15.0 Å². The second kappa shape index (κ2) is 9.24. The van der Waals surface area contributed by atoms with Crippen molar-refractivity contribution in [3.8, 4) is 12.3 Å². The molecule has 0 unspecified atom stereocenters. The Morgan fingerprint density at radius 1 is 1.23 bits per heavy atom. The number of hydrogen-bond acceptors (Lipinski definition) is 9. The van der Waals surface area contributed by atoms with Gasteiger partial charge in [0.05, 0.1) is 19.0 Å². The number of ether oxygens (including phenoxy) is 3. The number of methoxy groups -OCH3 is 1. The zero-order valence-corrected chi connectivity index (χ0v) is 16.8. The molecule has 0 bridgehead atoms. The minimum absolute atomic E-state index is 0.0808. The smallest absolute Gasteiger partial charge is 0.167 e. The molecule has 2 aromatic heterocycles. The summed E-state index contributed by atoms with van der Waals surface area (Å²) in [6.45, 7) is 0.188. The van der Waals surface area contributed by atoms with Gasteiger partial charge in [-0.05, 0) is 25.7 Å². The van der Waals surface area contributed by atoms with E-state index in [1.807, 2.05) is 0 Å². The van der Waals surface area contributed by atoms with Gasteiger partial charge in [-0.15, -0.1) is 6.42 Å². The second-order valence-corrected chi connectivity index (χ2v) is 7.67. The third kappa shape index (κ3) is 4.12. The summed E-state index contributed by atoms with van der Waals surface area (Å²) in [5.74, 6) is 3.00. The highest BCUT2D eigenvalue weighted by Crippen LogP contribution is 2.33. The maximum Gasteiger partial charge on any atom is 0.167 e. The monoisotopic (exact) mass is 417 g/mol. The highest BCUT2D eigenvalue weighted by Gasteiger charge is 2.44. The Bertz CT molecular complexity index is 891. The Labute approximate surface area is 174 Å². The fourth-order valence-corrected chi connectivity index (χ4v) is 4.11. The normalized spacial score (nSPS) is 31.7. The van der Waals surface area contributed by atoms with E-state index in [0.29, 0.717) is 23.1 Å². The molecule has 4 atom stereocenters. The molecule has 0 amide bonds. The van der Waals surface area contributed by atoms with E-state index < -0.39 is 24.5 Å². The largest absolute Gasteiger partial charge is 0.387 e. The quantitative estimate of drug-likeness (QED) is 0.435. The van der Waals surface area contributed by atoms with E-state index in [4.69, 9.17) is 20.6 Å². The van der Waals surface area contributed by atoms with E-state index >= 15 is 0 Å². The van der Waals surface area contributed by atoms with Crippen LogP contribution in [0.15, 0.2) is 12.7 Å². The van der Waals surface area contributed by atoms with Crippen molar-refractivity contribution in [1.82, 2.24) is 19.5 Å². The maximum atomic E-state index is 10.5. The van der Waals surface area contributed by atoms with Gasteiger partial charge < -0.3 is 29.7 Å². The molecule has 2 aliphatic rings. The summed E-state index contributed by atoms with van der Waals surface area (Å²) in [6.07, 6.45) is 8.64. The van der Waals surface area contributed by atoms with E-state index in [2.05, 4.69) is 26.2 Å². The lowest BCUT2D eigenvalue weighted by Gasteiger charge is -2.28. The Morgan fingerprint density at radius 3 is 2.77 bits per heavy atom. The fourth-order valence-electron chi connectivity index (χ4n) is 4.11. The van der Waals surface area contributed by atoms with Gasteiger partial charge in [0, 0.05) is 13.2 Å². The van der Waals surface area contributed by atoms with Gasteiger partial charge in [-0.2, -0.15) is 0 Å². The molecule has 1 aliphatic carbocycles. The molecule has 0 spiro atoms. The van der Waals surface area contributed by atoms with Crippen LogP contribution in [0.2, 0.25) is 0 Å². The summed E-state index contributed by atoms with van der Waals surface area (Å²) in [5.41, 5.74) is 1.10. The highest BCUT2D eigenvalue weighted by atomic mass is 16.6. The molecule has 0 aromatic carbocycles. The number of aliphatic hydroxyl groups excluding tert-OH is 2. The zero-order chi connectivity index (χ0) is 21.1. The van der Waals surface area contributed by atoms with Gasteiger partial charge in [0.25, 0.3) is 0 Å². The van der Waals surface area contributed by atoms with Crippen molar-refractivity contribution in [3.63, 3.8) is 0 Å². The predicted octanol–water partition coefficient (Wildman–Crippen LogP) is 0.465. The lowest BCUT2D eigenvalue weighted by molar-refractivity contribution is -0.0615. The predicted molar refractivity (Wildman–Crippen MR) is 108 cm³/mol. The first kappa shape index (κ1) is 21.0. The molecule has 0 radical (unpaired) electrons. The topological polar surface area (TPSA) is 124 Å². The summed E-state index contributed by atoms with van der Waals surface area (Å²) in [7, 11) is 1.75. The Morgan fingerprint density at radius 2 is 2.03 bits per heavy atom. The van der Waals surface area contributed by atoms with Crippen molar-refractivity contribution in [3.05, 3.63) is 12.7 Å². The molecular weight excluding hydrogens is 390 g/mol. The number of rotatable bonds is 7. The minimum atomic E-state index is -1.16. The first-order valence-corrected chi connectivity index (χ1v) is 10.1. The molecule has 2 fully saturated rings. The highest BCUT2D eigenvalue weighted by molar-refractivity contribution is 5.82. The summed E-state index contributed by atoms with van der Waals surface area (Å²) in [4.78, 5) is 13.1. The van der Waals surface area contributed by atoms with E-state index in [1.165, 1.54) is 12.7 Å². The van der Waals surface area contributed by atoms with Crippen LogP contribution in [-0.2, 0) is 14.2 Å². The van der Waals surface area contributed by atoms with Crippen molar-refractivity contribution in [2.24, 2.45) is 0 Å². The summed E-state index contributed by atoms with van der Waals surface area (Å²) in [6, 6.07) is 0.285. The van der Waals surface area contributed by atoms with Crippen LogP contribution in [0.25, 0.3) is 11.2 Å². The zero-order valence-electron chi connectivity index (χ0n) is 16.8. The number of terminal acetylenes is 1. The Balaban J connectivity index is 1.50. The molecule has 2 aromatic rings.